The molecule has 26 heteroatoms. The molecule has 1 atom stereocenters. The number of thiocarbonyl (C=S) groups is 3. The number of nitrogens with zero attached hydrogens (tertiary/aromatic N) is 4. The number of nitrogens with one attached hydrogen (secondary N) is 4. The number of amides is 7. The van der Waals surface area contributed by atoms with Gasteiger partial charge in [-0.2, -0.15) is 0 Å². The summed E-state index contributed by atoms with van der Waals surface area (Å²) in [5.74, 6) is -0.579. The van der Waals surface area contributed by atoms with Crippen LogP contribution in [0.1, 0.15) is 123 Å². The van der Waals surface area contributed by atoms with Gasteiger partial charge in [0.1, 0.15) is 45.0 Å². The normalized spacial score (nSPS) is 13.9. The number of alkyl carbamates (subject to hydrolysis) is 1. The maximum Gasteiger partial charge on any atom is 0.407 e. The van der Waals surface area contributed by atoms with Crippen LogP contribution in [-0.4, -0.2) is 162 Å². The molecule has 0 bridgehead atoms. The smallest absolute Gasteiger partial charge is 0.407 e. The molecule has 7 aromatic rings. The number of hydrogen-bond acceptors (Lipinski definition) is 19. The third-order valence-corrected chi connectivity index (χ3v) is 21.0. The lowest BCUT2D eigenvalue weighted by Crippen LogP contribution is -2.49. The first kappa shape index (κ1) is 75.8. The Bertz CT molecular complexity index is 4230. The molecule has 3 aliphatic rings. The lowest BCUT2D eigenvalue weighted by Gasteiger charge is -2.29. The average molecular weight is 1490 g/mol. The van der Waals surface area contributed by atoms with Crippen molar-refractivity contribution >= 4 is 126 Å². The Balaban J connectivity index is 0.984. The molecular weight excluding hydrogens is 1410 g/mol. The van der Waals surface area contributed by atoms with E-state index in [1.807, 2.05) is 126 Å². The Morgan fingerprint density at radius 3 is 1.16 bits per heavy atom. The zero-order valence-electron chi connectivity index (χ0n) is 57.2. The van der Waals surface area contributed by atoms with Gasteiger partial charge in [-0.05, 0) is 111 Å². The minimum Gasteiger partial charge on any atom is -0.484 e. The Labute approximate surface area is 623 Å². The van der Waals surface area contributed by atoms with Gasteiger partial charge in [0.05, 0.1) is 22.3 Å². The average Bonchev–Trinajstić information content (AvgIpc) is 1.04. The zero-order chi connectivity index (χ0) is 72.3. The van der Waals surface area contributed by atoms with E-state index in [4.69, 9.17) is 60.3 Å². The van der Waals surface area contributed by atoms with Crippen LogP contribution in [0.5, 0.6) is 23.0 Å². The van der Waals surface area contributed by atoms with Crippen molar-refractivity contribution in [2.75, 3.05) is 76.2 Å². The van der Waals surface area contributed by atoms with Gasteiger partial charge >= 0.3 is 6.09 Å². The van der Waals surface area contributed by atoms with Gasteiger partial charge in [0.2, 0.25) is 0 Å². The molecule has 102 heavy (non-hydrogen) atoms. The minimum absolute atomic E-state index is 0.00176. The number of carbonyl (C=O) groups excluding carboxylic acids is 7. The molecule has 3 aliphatic heterocycles. The monoisotopic (exact) mass is 1490 g/mol. The fourth-order valence-corrected chi connectivity index (χ4v) is 15.0. The predicted molar refractivity (Wildman–Crippen MR) is 411 cm³/mol. The fourth-order valence-electron chi connectivity index (χ4n) is 11.4. The number of carbonyl (C=O) groups is 7. The van der Waals surface area contributed by atoms with Crippen molar-refractivity contribution in [3.8, 4) is 23.0 Å². The van der Waals surface area contributed by atoms with Gasteiger partial charge in [-0.15, -0.1) is 0 Å². The van der Waals surface area contributed by atoms with Gasteiger partial charge in [-0.1, -0.05) is 193 Å². The third-order valence-electron chi connectivity index (χ3n) is 16.8. The molecule has 4 N–H and O–H groups in total. The van der Waals surface area contributed by atoms with Gasteiger partial charge < -0.3 is 45.0 Å². The van der Waals surface area contributed by atoms with Gasteiger partial charge in [-0.25, -0.2) is 4.79 Å². The minimum atomic E-state index is -0.824. The molecule has 0 radical (unpaired) electrons. The van der Waals surface area contributed by atoms with Crippen molar-refractivity contribution in [3.05, 3.63) is 224 Å². The molecule has 3 heterocycles. The largest absolute Gasteiger partial charge is 0.484 e. The number of thioether (sulfide) groups is 3. The van der Waals surface area contributed by atoms with Gasteiger partial charge in [0.25, 0.3) is 35.4 Å². The van der Waals surface area contributed by atoms with E-state index in [9.17, 15) is 24.0 Å². The second-order valence-corrected chi connectivity index (χ2v) is 30.2. The van der Waals surface area contributed by atoms with E-state index in [2.05, 4.69) is 21.3 Å². The number of rotatable bonds is 30. The van der Waals surface area contributed by atoms with Crippen LogP contribution in [0.2, 0.25) is 0 Å². The maximum atomic E-state index is 15.5. The summed E-state index contributed by atoms with van der Waals surface area (Å²) in [5, 5.41) is 12.2. The highest BCUT2D eigenvalue weighted by Gasteiger charge is 2.35. The van der Waals surface area contributed by atoms with Crippen molar-refractivity contribution in [1.29, 1.82) is 0 Å². The first-order chi connectivity index (χ1) is 49.2. The molecule has 0 saturated carbocycles. The molecule has 3 saturated heterocycles. The van der Waals surface area contributed by atoms with E-state index in [-0.39, 0.29) is 123 Å². The molecule has 20 nitrogen and oxygen atoms in total. The first-order valence-corrected chi connectivity index (χ1v) is 37.5. The van der Waals surface area contributed by atoms with Crippen LogP contribution in [0.3, 0.4) is 0 Å². The highest BCUT2D eigenvalue weighted by Crippen LogP contribution is 2.41. The Hall–Kier alpha value is -8.89. The SMILES string of the molecule is Cc1c(C(=O)NCCN(CCNC(=O)c2ccc(C(=O)N3CCSC3=S)c(OCc3ccccc3)c2OCc2ccccc2)C[C@H](CCNC(=O)OC(C)(C)C)NC(=O)c2ccc(C(=O)N3CCSC3=S)c(OCc3ccccc3)c2OCc2ccccc2)ccc(C(=O)N2CCSC2=S)c1C. The van der Waals surface area contributed by atoms with Crippen molar-refractivity contribution in [3.63, 3.8) is 0 Å². The highest BCUT2D eigenvalue weighted by atomic mass is 32.2. The van der Waals surface area contributed by atoms with Crippen LogP contribution >= 0.6 is 71.9 Å². The van der Waals surface area contributed by atoms with Gasteiger partial charge in [-0.3, -0.25) is 48.4 Å². The summed E-state index contributed by atoms with van der Waals surface area (Å²) in [6.07, 6.45) is -0.552. The Morgan fingerprint density at radius 1 is 0.441 bits per heavy atom. The van der Waals surface area contributed by atoms with Crippen molar-refractivity contribution < 1.29 is 57.2 Å². The molecule has 0 aliphatic carbocycles. The molecular formula is C76H80N8O12S6. The van der Waals surface area contributed by atoms with Crippen LogP contribution in [0.4, 0.5) is 4.79 Å². The summed E-state index contributed by atoms with van der Waals surface area (Å²) < 4.78 is 33.4. The molecule has 532 valence electrons. The molecule has 0 spiro atoms. The van der Waals surface area contributed by atoms with Crippen LogP contribution in [0.25, 0.3) is 0 Å². The lowest BCUT2D eigenvalue weighted by atomic mass is 9.96. The fraction of sp³-hybridized carbons (Fsp3) is 0.316. The quantitative estimate of drug-likeness (QED) is 0.0307. The molecule has 0 unspecified atom stereocenters. The van der Waals surface area contributed by atoms with Gasteiger partial charge in [0.15, 0.2) is 23.0 Å². The van der Waals surface area contributed by atoms with E-state index in [0.29, 0.717) is 72.1 Å². The predicted octanol–water partition coefficient (Wildman–Crippen LogP) is 12.2. The van der Waals surface area contributed by atoms with Crippen LogP contribution in [0, 0.1) is 13.8 Å². The number of benzene rings is 7. The molecule has 7 aromatic carbocycles. The topological polar surface area (TPSA) is 227 Å². The zero-order valence-corrected chi connectivity index (χ0v) is 62.1. The van der Waals surface area contributed by atoms with E-state index in [0.717, 1.165) is 22.3 Å². The van der Waals surface area contributed by atoms with E-state index >= 15 is 9.59 Å². The Kier molecular flexibility index (Phi) is 27.0. The standard InChI is InChI=1S/C76H80N8O12S6/c1-49-50(2)57(69(88)82-38-41-100-73(82)97)27-26-56(49)66(85)77-34-36-81(37-35-78-67(86)58-28-30-60(70(89)83-39-42-101-74(83)98)64(94-47-53-22-14-8-15-23-53)62(58)92-45-51-18-10-6-11-19-51)44-55(32-33-79-72(91)96-76(3,4)5)80-68(87)59-29-31-61(71(90)84-40-43-102-75(84)99)65(95-48-54-24-16-9-17-25-54)63(59)93-46-52-20-12-7-13-21-52/h6-31,55H,32-48H2,1-5H3,(H,77,85)(H,78,86)(H,79,91)(H,80,87)/t55-/m0/s1. The van der Waals surface area contributed by atoms with E-state index in [1.54, 1.807) is 57.7 Å². The van der Waals surface area contributed by atoms with Gasteiger partial charge in [0, 0.05) is 93.3 Å². The van der Waals surface area contributed by atoms with Crippen LogP contribution in [0.15, 0.2) is 158 Å². The maximum absolute atomic E-state index is 15.5. The number of hydrogen-bond donors (Lipinski definition) is 4. The summed E-state index contributed by atoms with van der Waals surface area (Å²) >= 11 is 21.0. The highest BCUT2D eigenvalue weighted by molar-refractivity contribution is 8.24. The van der Waals surface area contributed by atoms with Crippen molar-refractivity contribution in [1.82, 2.24) is 40.9 Å². The second kappa shape index (κ2) is 36.3. The third kappa shape index (κ3) is 20.3. The van der Waals surface area contributed by atoms with Crippen LogP contribution in [-0.2, 0) is 31.2 Å². The van der Waals surface area contributed by atoms with Crippen LogP contribution < -0.4 is 40.2 Å². The number of ether oxygens (including phenoxy) is 5. The summed E-state index contributed by atoms with van der Waals surface area (Å²) in [6, 6.07) is 46.1. The van der Waals surface area contributed by atoms with E-state index in [1.165, 1.54) is 63.3 Å². The summed E-state index contributed by atoms with van der Waals surface area (Å²) in [7, 11) is 0. The summed E-state index contributed by atoms with van der Waals surface area (Å²) in [6.45, 7) is 10.5. The first-order valence-electron chi connectivity index (χ1n) is 33.3. The summed E-state index contributed by atoms with van der Waals surface area (Å²) in [5.41, 5.74) is 4.78. The molecule has 10 rings (SSSR count). The molecule has 7 amide bonds. The van der Waals surface area contributed by atoms with Crippen molar-refractivity contribution in [2.24, 2.45) is 0 Å². The Morgan fingerprint density at radius 2 is 0.775 bits per heavy atom. The lowest BCUT2D eigenvalue weighted by molar-refractivity contribution is 0.0524. The molecule has 3 fully saturated rings. The van der Waals surface area contributed by atoms with Crippen molar-refractivity contribution in [2.45, 2.75) is 79.1 Å². The second-order valence-electron chi connectivity index (χ2n) is 25.1. The van der Waals surface area contributed by atoms with E-state index < -0.39 is 47.3 Å². The summed E-state index contributed by atoms with van der Waals surface area (Å²) in [4.78, 5) is 108. The molecule has 0 aromatic heterocycles.